The maximum absolute atomic E-state index is 11.5. The van der Waals surface area contributed by atoms with Gasteiger partial charge in [-0.3, -0.25) is 19.5 Å². The van der Waals surface area contributed by atoms with Crippen molar-refractivity contribution in [1.29, 1.82) is 0 Å². The van der Waals surface area contributed by atoms with Crippen LogP contribution in [0.2, 0.25) is 0 Å². The molecule has 0 bridgehead atoms. The van der Waals surface area contributed by atoms with Crippen LogP contribution in [0, 0.1) is 0 Å². The van der Waals surface area contributed by atoms with Crippen molar-refractivity contribution in [2.75, 3.05) is 11.1 Å². The third-order valence-electron chi connectivity index (χ3n) is 2.45. The van der Waals surface area contributed by atoms with Crippen molar-refractivity contribution in [2.24, 2.45) is 7.05 Å². The fraction of sp³-hybridized carbons (Fsp3) is 0.545. The first kappa shape index (κ1) is 13.2. The molecule has 0 aliphatic heterocycles. The summed E-state index contributed by atoms with van der Waals surface area (Å²) in [6, 6.07) is 0. The molecular formula is C11H18N4O2. The predicted octanol–water partition coefficient (Wildman–Crippen LogP) is 0.881. The Hall–Kier alpha value is -1.85. The molecule has 1 heterocycles. The second-order valence-electron chi connectivity index (χ2n) is 3.91. The molecule has 0 atom stereocenters. The molecule has 0 saturated carbocycles. The number of hydrogen-bond donors (Lipinski definition) is 2. The minimum Gasteiger partial charge on any atom is -0.393 e. The van der Waals surface area contributed by atoms with Crippen LogP contribution < -0.4 is 16.6 Å². The summed E-state index contributed by atoms with van der Waals surface area (Å²) < 4.78 is 1.23. The van der Waals surface area contributed by atoms with Gasteiger partial charge in [0.2, 0.25) is 11.9 Å². The van der Waals surface area contributed by atoms with Gasteiger partial charge in [0.25, 0.3) is 5.56 Å². The lowest BCUT2D eigenvalue weighted by Gasteiger charge is -2.08. The van der Waals surface area contributed by atoms with Gasteiger partial charge in [-0.25, -0.2) is 4.98 Å². The van der Waals surface area contributed by atoms with E-state index < -0.39 is 0 Å². The summed E-state index contributed by atoms with van der Waals surface area (Å²) in [5, 5.41) is 2.59. The molecule has 0 unspecified atom stereocenters. The third-order valence-corrected chi connectivity index (χ3v) is 2.45. The van der Waals surface area contributed by atoms with Crippen LogP contribution in [0.25, 0.3) is 0 Å². The quantitative estimate of drug-likeness (QED) is 0.745. The van der Waals surface area contributed by atoms with Gasteiger partial charge in [-0.15, -0.1) is 0 Å². The number of nitrogen functional groups attached to an aromatic ring is 1. The minimum absolute atomic E-state index is 0.0662. The first-order valence-corrected chi connectivity index (χ1v) is 5.67. The van der Waals surface area contributed by atoms with Crippen LogP contribution in [0.5, 0.6) is 0 Å². The van der Waals surface area contributed by atoms with Gasteiger partial charge >= 0.3 is 0 Å². The third kappa shape index (κ3) is 3.58. The van der Waals surface area contributed by atoms with E-state index in [0.717, 1.165) is 19.3 Å². The number of anilines is 2. The number of hydrogen-bond acceptors (Lipinski definition) is 4. The van der Waals surface area contributed by atoms with Crippen molar-refractivity contribution in [3.63, 3.8) is 0 Å². The average molecular weight is 238 g/mol. The topological polar surface area (TPSA) is 90.0 Å². The zero-order valence-electron chi connectivity index (χ0n) is 10.2. The molecule has 1 aromatic rings. The Morgan fingerprint density at radius 2 is 2.24 bits per heavy atom. The van der Waals surface area contributed by atoms with Gasteiger partial charge in [0.05, 0.1) is 6.20 Å². The van der Waals surface area contributed by atoms with Crippen molar-refractivity contribution in [2.45, 2.75) is 32.6 Å². The Labute approximate surface area is 99.8 Å². The van der Waals surface area contributed by atoms with E-state index in [9.17, 15) is 9.59 Å². The second kappa shape index (κ2) is 6.03. The zero-order valence-corrected chi connectivity index (χ0v) is 10.2. The first-order chi connectivity index (χ1) is 8.06. The first-order valence-electron chi connectivity index (χ1n) is 5.67. The smallest absolute Gasteiger partial charge is 0.277 e. The Morgan fingerprint density at radius 3 is 2.88 bits per heavy atom. The zero-order chi connectivity index (χ0) is 12.8. The van der Waals surface area contributed by atoms with Crippen LogP contribution in [0.15, 0.2) is 11.0 Å². The molecular weight excluding hydrogens is 220 g/mol. The van der Waals surface area contributed by atoms with E-state index in [1.54, 1.807) is 0 Å². The van der Waals surface area contributed by atoms with E-state index in [1.165, 1.54) is 17.8 Å². The summed E-state index contributed by atoms with van der Waals surface area (Å²) in [6.07, 6.45) is 4.61. The van der Waals surface area contributed by atoms with Crippen molar-refractivity contribution in [3.05, 3.63) is 16.6 Å². The Balaban J connectivity index is 2.66. The van der Waals surface area contributed by atoms with Gasteiger partial charge in [-0.2, -0.15) is 0 Å². The number of carbonyl (C=O) groups is 1. The van der Waals surface area contributed by atoms with E-state index in [1.807, 2.05) is 0 Å². The van der Waals surface area contributed by atoms with E-state index in [2.05, 4.69) is 17.2 Å². The van der Waals surface area contributed by atoms with Gasteiger partial charge < -0.3 is 5.73 Å². The van der Waals surface area contributed by atoms with Crippen LogP contribution in [0.4, 0.5) is 11.6 Å². The normalized spacial score (nSPS) is 10.2. The van der Waals surface area contributed by atoms with Crippen LogP contribution in [-0.4, -0.2) is 15.5 Å². The molecule has 94 valence electrons. The van der Waals surface area contributed by atoms with Crippen molar-refractivity contribution in [3.8, 4) is 0 Å². The maximum Gasteiger partial charge on any atom is 0.277 e. The SMILES string of the molecule is CCCCCC(=O)Nc1ncc(N)c(=O)n1C. The van der Waals surface area contributed by atoms with E-state index in [0.29, 0.717) is 6.42 Å². The number of amides is 1. The van der Waals surface area contributed by atoms with E-state index in [-0.39, 0.29) is 23.1 Å². The molecule has 0 radical (unpaired) electrons. The molecule has 17 heavy (non-hydrogen) atoms. The summed E-state index contributed by atoms with van der Waals surface area (Å²) >= 11 is 0. The van der Waals surface area contributed by atoms with Crippen molar-refractivity contribution >= 4 is 17.5 Å². The molecule has 6 nitrogen and oxygen atoms in total. The lowest BCUT2D eigenvalue weighted by molar-refractivity contribution is -0.116. The highest BCUT2D eigenvalue weighted by Gasteiger charge is 2.08. The number of nitrogens with two attached hydrogens (primary N) is 1. The van der Waals surface area contributed by atoms with Crippen LogP contribution in [0.1, 0.15) is 32.6 Å². The van der Waals surface area contributed by atoms with Crippen LogP contribution in [0.3, 0.4) is 0 Å². The predicted molar refractivity (Wildman–Crippen MR) is 66.7 cm³/mol. The van der Waals surface area contributed by atoms with Crippen molar-refractivity contribution in [1.82, 2.24) is 9.55 Å². The van der Waals surface area contributed by atoms with Crippen LogP contribution >= 0.6 is 0 Å². The van der Waals surface area contributed by atoms with Crippen LogP contribution in [-0.2, 0) is 11.8 Å². The lowest BCUT2D eigenvalue weighted by Crippen LogP contribution is -2.26. The van der Waals surface area contributed by atoms with Gasteiger partial charge in [0, 0.05) is 13.5 Å². The Kier molecular flexibility index (Phi) is 4.68. The second-order valence-corrected chi connectivity index (χ2v) is 3.91. The average Bonchev–Trinajstić information content (AvgIpc) is 2.30. The maximum atomic E-state index is 11.5. The van der Waals surface area contributed by atoms with Gasteiger partial charge in [0.1, 0.15) is 5.69 Å². The highest BCUT2D eigenvalue weighted by Crippen LogP contribution is 2.04. The summed E-state index contributed by atoms with van der Waals surface area (Å²) in [4.78, 5) is 26.9. The summed E-state index contributed by atoms with van der Waals surface area (Å²) in [6.45, 7) is 2.07. The number of nitrogens with one attached hydrogen (secondary N) is 1. The summed E-state index contributed by atoms with van der Waals surface area (Å²) in [5.74, 6) is 0.0939. The molecule has 0 spiro atoms. The fourth-order valence-electron chi connectivity index (χ4n) is 1.40. The molecule has 3 N–H and O–H groups in total. The number of carbonyl (C=O) groups excluding carboxylic acids is 1. The number of rotatable bonds is 5. The monoisotopic (exact) mass is 238 g/mol. The molecule has 0 aromatic carbocycles. The highest BCUT2D eigenvalue weighted by atomic mass is 16.2. The standard InChI is InChI=1S/C11H18N4O2/c1-3-4-5-6-9(16)14-11-13-7-8(12)10(17)15(11)2/h7H,3-6,12H2,1-2H3,(H,13,14,16). The lowest BCUT2D eigenvalue weighted by atomic mass is 10.2. The largest absolute Gasteiger partial charge is 0.393 e. The summed E-state index contributed by atoms with van der Waals surface area (Å²) in [5.41, 5.74) is 5.12. The van der Waals surface area contributed by atoms with Gasteiger partial charge in [-0.1, -0.05) is 19.8 Å². The number of unbranched alkanes of at least 4 members (excludes halogenated alkanes) is 2. The van der Waals surface area contributed by atoms with Gasteiger partial charge in [-0.05, 0) is 6.42 Å². The molecule has 1 amide bonds. The minimum atomic E-state index is -0.358. The molecule has 0 saturated heterocycles. The highest BCUT2D eigenvalue weighted by molar-refractivity contribution is 5.88. The van der Waals surface area contributed by atoms with Gasteiger partial charge in [0.15, 0.2) is 0 Å². The number of aromatic nitrogens is 2. The molecule has 0 aliphatic rings. The fourth-order valence-corrected chi connectivity index (χ4v) is 1.40. The molecule has 1 rings (SSSR count). The molecule has 6 heteroatoms. The number of nitrogens with zero attached hydrogens (tertiary/aromatic N) is 2. The van der Waals surface area contributed by atoms with Crippen molar-refractivity contribution < 1.29 is 4.79 Å². The molecule has 0 fully saturated rings. The summed E-state index contributed by atoms with van der Waals surface area (Å²) in [7, 11) is 1.52. The van der Waals surface area contributed by atoms with E-state index in [4.69, 9.17) is 5.73 Å². The molecule has 0 aliphatic carbocycles. The Bertz CT molecular complexity index is 453. The Morgan fingerprint density at radius 1 is 1.53 bits per heavy atom. The van der Waals surface area contributed by atoms with E-state index >= 15 is 0 Å². The molecule has 1 aromatic heterocycles.